The molecule has 258 valence electrons. The molecule has 0 saturated heterocycles. The van der Waals surface area contributed by atoms with Gasteiger partial charge in [0.1, 0.15) is 11.5 Å². The second kappa shape index (κ2) is 10.0. The Hall–Kier alpha value is -6.84. The van der Waals surface area contributed by atoms with Crippen molar-refractivity contribution in [2.24, 2.45) is 0 Å². The van der Waals surface area contributed by atoms with Gasteiger partial charge in [0.05, 0.1) is 38.6 Å². The van der Waals surface area contributed by atoms with Crippen molar-refractivity contribution in [2.45, 2.75) is 24.7 Å². The van der Waals surface area contributed by atoms with Gasteiger partial charge < -0.3 is 13.9 Å². The third-order valence-electron chi connectivity index (χ3n) is 13.2. The fraction of sp³-hybridized carbons (Fsp3) is 0.0769. The molecular formula is C52H34N2O. The van der Waals surface area contributed by atoms with E-state index < -0.39 is 5.41 Å². The first-order valence-corrected chi connectivity index (χ1v) is 19.3. The highest BCUT2D eigenvalue weighted by molar-refractivity contribution is 6.15. The number of aromatic nitrogens is 2. The van der Waals surface area contributed by atoms with E-state index in [2.05, 4.69) is 193 Å². The fourth-order valence-electron chi connectivity index (χ4n) is 10.9. The van der Waals surface area contributed by atoms with Crippen LogP contribution in [0, 0.1) is 0 Å². The lowest BCUT2D eigenvalue weighted by Crippen LogP contribution is -2.37. The van der Waals surface area contributed by atoms with Crippen LogP contribution in [-0.2, 0) is 10.8 Å². The first-order chi connectivity index (χ1) is 27.1. The first-order valence-electron chi connectivity index (χ1n) is 19.3. The number of nitrogens with zero attached hydrogens (tertiary/aromatic N) is 2. The van der Waals surface area contributed by atoms with Crippen LogP contribution in [0.5, 0.6) is 11.5 Å². The summed E-state index contributed by atoms with van der Waals surface area (Å²) in [5, 5.41) is 4.86. The molecular weight excluding hydrogens is 669 g/mol. The minimum absolute atomic E-state index is 0.100. The van der Waals surface area contributed by atoms with E-state index in [1.165, 1.54) is 82.9 Å². The maximum absolute atomic E-state index is 7.26. The van der Waals surface area contributed by atoms with Crippen molar-refractivity contribution < 1.29 is 4.74 Å². The van der Waals surface area contributed by atoms with Crippen molar-refractivity contribution in [3.05, 3.63) is 203 Å². The standard InChI is InChI=1S/C52H34N2O/c1-51(2)37-18-6-3-14-32(37)33-27-26-31(30-42(33)51)53-44-23-10-5-16-36(44)48-46(53)29-28-41-50(48)55-47-25-12-8-20-39(47)52(41)38-19-7-11-24-45(38)54-43-22-9-4-15-34(43)35-17-13-21-40(52)49(35)54/h3-30H,1-2H3. The summed E-state index contributed by atoms with van der Waals surface area (Å²) < 4.78 is 12.2. The van der Waals surface area contributed by atoms with E-state index in [1.807, 2.05) is 0 Å². The Balaban J connectivity index is 1.16. The average molecular weight is 703 g/mol. The zero-order valence-electron chi connectivity index (χ0n) is 30.5. The van der Waals surface area contributed by atoms with E-state index in [0.29, 0.717) is 0 Å². The number of para-hydroxylation sites is 5. The SMILES string of the molecule is CC1(C)c2ccccc2-c2ccc(-n3c4ccccc4c4c5c(ccc43)C3(c4ccccc4O5)c4ccccc4-n4c5ccccc5c5cccc3c54)cc21. The molecule has 0 bridgehead atoms. The Morgan fingerprint density at radius 1 is 0.436 bits per heavy atom. The molecule has 0 saturated carbocycles. The predicted octanol–water partition coefficient (Wildman–Crippen LogP) is 13.0. The van der Waals surface area contributed by atoms with Gasteiger partial charge in [-0.15, -0.1) is 0 Å². The van der Waals surface area contributed by atoms with Gasteiger partial charge in [0.25, 0.3) is 0 Å². The second-order valence-corrected chi connectivity index (χ2v) is 16.0. The topological polar surface area (TPSA) is 19.1 Å². The van der Waals surface area contributed by atoms with E-state index in [0.717, 1.165) is 28.1 Å². The van der Waals surface area contributed by atoms with Crippen molar-refractivity contribution in [2.75, 3.05) is 0 Å². The highest BCUT2D eigenvalue weighted by Crippen LogP contribution is 2.62. The molecule has 0 fully saturated rings. The van der Waals surface area contributed by atoms with Crippen LogP contribution in [0.15, 0.2) is 170 Å². The zero-order valence-corrected chi connectivity index (χ0v) is 30.5. The Labute approximate surface area is 318 Å². The molecule has 1 aliphatic carbocycles. The third-order valence-corrected chi connectivity index (χ3v) is 13.2. The van der Waals surface area contributed by atoms with Gasteiger partial charge in [-0.25, -0.2) is 0 Å². The molecule has 2 aliphatic heterocycles. The fourth-order valence-corrected chi connectivity index (χ4v) is 10.9. The molecule has 13 rings (SSSR count). The molecule has 8 aromatic carbocycles. The molecule has 10 aromatic rings. The molecule has 3 heteroatoms. The predicted molar refractivity (Wildman–Crippen MR) is 225 cm³/mol. The van der Waals surface area contributed by atoms with Crippen molar-refractivity contribution >= 4 is 43.6 Å². The summed E-state index contributed by atoms with van der Waals surface area (Å²) in [7, 11) is 0. The molecule has 4 heterocycles. The molecule has 1 unspecified atom stereocenters. The van der Waals surface area contributed by atoms with E-state index >= 15 is 0 Å². The quantitative estimate of drug-likeness (QED) is 0.167. The highest BCUT2D eigenvalue weighted by atomic mass is 16.5. The lowest BCUT2D eigenvalue weighted by Gasteiger charge is -2.45. The van der Waals surface area contributed by atoms with Crippen LogP contribution in [0.1, 0.15) is 47.2 Å². The summed E-state index contributed by atoms with van der Waals surface area (Å²) in [6.07, 6.45) is 0. The Bertz CT molecular complexity index is 3340. The summed E-state index contributed by atoms with van der Waals surface area (Å²) in [5.41, 5.74) is 16.7. The van der Waals surface area contributed by atoms with Crippen LogP contribution in [0.2, 0.25) is 0 Å². The molecule has 3 aliphatic rings. The van der Waals surface area contributed by atoms with Gasteiger partial charge in [0.15, 0.2) is 0 Å². The van der Waals surface area contributed by atoms with E-state index in [9.17, 15) is 0 Å². The van der Waals surface area contributed by atoms with Crippen LogP contribution in [0.25, 0.3) is 66.1 Å². The monoisotopic (exact) mass is 702 g/mol. The maximum Gasteiger partial charge on any atom is 0.142 e. The van der Waals surface area contributed by atoms with Gasteiger partial charge >= 0.3 is 0 Å². The van der Waals surface area contributed by atoms with Gasteiger partial charge in [-0.05, 0) is 75.8 Å². The average Bonchev–Trinajstić information content (AvgIpc) is 3.83. The molecule has 0 radical (unpaired) electrons. The summed E-state index contributed by atoms with van der Waals surface area (Å²) in [6, 6.07) is 63.0. The van der Waals surface area contributed by atoms with Crippen molar-refractivity contribution in [3.8, 4) is 34.0 Å². The number of fused-ring (bicyclic) bond motifs is 18. The summed E-state index contributed by atoms with van der Waals surface area (Å²) in [4.78, 5) is 0. The molecule has 0 N–H and O–H groups in total. The summed E-state index contributed by atoms with van der Waals surface area (Å²) in [5.74, 6) is 1.82. The van der Waals surface area contributed by atoms with Gasteiger partial charge in [-0.3, -0.25) is 0 Å². The highest BCUT2D eigenvalue weighted by Gasteiger charge is 2.51. The Kier molecular flexibility index (Phi) is 5.39. The summed E-state index contributed by atoms with van der Waals surface area (Å²) >= 11 is 0. The molecule has 3 nitrogen and oxygen atoms in total. The Morgan fingerprint density at radius 2 is 1.09 bits per heavy atom. The normalized spacial score (nSPS) is 16.9. The molecule has 2 aromatic heterocycles. The number of benzene rings is 8. The molecule has 1 atom stereocenters. The van der Waals surface area contributed by atoms with Crippen LogP contribution in [0.4, 0.5) is 0 Å². The number of hydrogen-bond acceptors (Lipinski definition) is 1. The van der Waals surface area contributed by atoms with Crippen molar-refractivity contribution in [1.29, 1.82) is 0 Å². The van der Waals surface area contributed by atoms with Crippen LogP contribution in [-0.4, -0.2) is 9.13 Å². The number of rotatable bonds is 1. The molecule has 55 heavy (non-hydrogen) atoms. The van der Waals surface area contributed by atoms with Crippen molar-refractivity contribution in [1.82, 2.24) is 9.13 Å². The summed E-state index contributed by atoms with van der Waals surface area (Å²) in [6.45, 7) is 4.72. The van der Waals surface area contributed by atoms with Gasteiger partial charge in [-0.1, -0.05) is 141 Å². The Morgan fingerprint density at radius 3 is 1.96 bits per heavy atom. The maximum atomic E-state index is 7.26. The largest absolute Gasteiger partial charge is 0.456 e. The van der Waals surface area contributed by atoms with Gasteiger partial charge in [-0.2, -0.15) is 0 Å². The number of ether oxygens (including phenoxy) is 1. The van der Waals surface area contributed by atoms with Gasteiger partial charge in [0, 0.05) is 38.4 Å². The van der Waals surface area contributed by atoms with E-state index in [-0.39, 0.29) is 5.41 Å². The second-order valence-electron chi connectivity index (χ2n) is 16.0. The van der Waals surface area contributed by atoms with Crippen molar-refractivity contribution in [3.63, 3.8) is 0 Å². The van der Waals surface area contributed by atoms with E-state index in [1.54, 1.807) is 0 Å². The van der Waals surface area contributed by atoms with Crippen LogP contribution in [0.3, 0.4) is 0 Å². The lowest BCUT2D eigenvalue weighted by molar-refractivity contribution is 0.439. The first kappa shape index (κ1) is 29.6. The van der Waals surface area contributed by atoms with Crippen LogP contribution >= 0.6 is 0 Å². The van der Waals surface area contributed by atoms with E-state index in [4.69, 9.17) is 4.74 Å². The minimum atomic E-state index is -0.620. The third kappa shape index (κ3) is 3.40. The minimum Gasteiger partial charge on any atom is -0.456 e. The zero-order chi connectivity index (χ0) is 36.2. The smallest absolute Gasteiger partial charge is 0.142 e. The number of hydrogen-bond donors (Lipinski definition) is 0. The molecule has 0 amide bonds. The molecule has 1 spiro atoms. The lowest BCUT2D eigenvalue weighted by atomic mass is 9.61. The van der Waals surface area contributed by atoms with Crippen LogP contribution < -0.4 is 4.74 Å². The van der Waals surface area contributed by atoms with Gasteiger partial charge in [0.2, 0.25) is 0 Å².